The summed E-state index contributed by atoms with van der Waals surface area (Å²) in [5.74, 6) is -0.0795. The number of amides is 2. The third kappa shape index (κ3) is 2.98. The maximum Gasteiger partial charge on any atom is 0.245 e. The molecule has 1 aromatic rings. The van der Waals surface area contributed by atoms with Crippen LogP contribution in [0.3, 0.4) is 0 Å². The van der Waals surface area contributed by atoms with Gasteiger partial charge in [0.05, 0.1) is 0 Å². The lowest BCUT2D eigenvalue weighted by atomic mass is 10.0. The van der Waals surface area contributed by atoms with E-state index in [4.69, 9.17) is 0 Å². The van der Waals surface area contributed by atoms with Crippen molar-refractivity contribution in [2.45, 2.75) is 52.2 Å². The van der Waals surface area contributed by atoms with Gasteiger partial charge in [-0.2, -0.15) is 0 Å². The zero-order valence-electron chi connectivity index (χ0n) is 12.2. The Bertz CT molecular complexity index is 516. The van der Waals surface area contributed by atoms with Gasteiger partial charge in [0.25, 0.3) is 0 Å². The molecule has 2 unspecified atom stereocenters. The van der Waals surface area contributed by atoms with Crippen LogP contribution in [0.25, 0.3) is 0 Å². The Labute approximate surface area is 119 Å². The van der Waals surface area contributed by atoms with Crippen LogP contribution >= 0.6 is 0 Å². The van der Waals surface area contributed by atoms with Crippen molar-refractivity contribution in [3.8, 4) is 0 Å². The zero-order chi connectivity index (χ0) is 14.7. The molecule has 2 amide bonds. The largest absolute Gasteiger partial charge is 0.343 e. The van der Waals surface area contributed by atoms with E-state index in [1.165, 1.54) is 0 Å². The van der Waals surface area contributed by atoms with E-state index in [1.807, 2.05) is 19.9 Å². The normalized spacial score (nSPS) is 22.9. The van der Waals surface area contributed by atoms with Crippen molar-refractivity contribution in [2.24, 2.45) is 0 Å². The Morgan fingerprint density at radius 2 is 2.10 bits per heavy atom. The average molecular weight is 275 g/mol. The van der Waals surface area contributed by atoms with Gasteiger partial charge in [0.1, 0.15) is 12.1 Å². The van der Waals surface area contributed by atoms with Gasteiger partial charge in [0.2, 0.25) is 11.8 Å². The second-order valence-corrected chi connectivity index (χ2v) is 5.37. The van der Waals surface area contributed by atoms with Crippen LogP contribution in [-0.2, 0) is 16.1 Å². The first-order chi connectivity index (χ1) is 9.52. The Hall–Kier alpha value is -1.91. The smallest absolute Gasteiger partial charge is 0.245 e. The number of nitrogens with one attached hydrogen (secondary N) is 1. The second kappa shape index (κ2) is 6.03. The molecule has 1 saturated heterocycles. The van der Waals surface area contributed by atoms with E-state index in [0.717, 1.165) is 17.5 Å². The fraction of sp³-hybridized carbons (Fsp3) is 0.533. The SMILES string of the molecule is CCCC1C(=O)NC(C)C(=O)N1Cc1cncc(C)c1. The molecule has 0 saturated carbocycles. The molecule has 0 spiro atoms. The average Bonchev–Trinajstić information content (AvgIpc) is 2.40. The highest BCUT2D eigenvalue weighted by molar-refractivity contribution is 5.96. The molecule has 5 heteroatoms. The molecular formula is C15H21N3O2. The molecular weight excluding hydrogens is 254 g/mol. The molecule has 1 fully saturated rings. The van der Waals surface area contributed by atoms with Gasteiger partial charge in [-0.15, -0.1) is 0 Å². The van der Waals surface area contributed by atoms with E-state index >= 15 is 0 Å². The quantitative estimate of drug-likeness (QED) is 0.903. The lowest BCUT2D eigenvalue weighted by molar-refractivity contribution is -0.149. The Balaban J connectivity index is 2.23. The molecule has 0 bridgehead atoms. The van der Waals surface area contributed by atoms with Crippen LogP contribution in [0.5, 0.6) is 0 Å². The van der Waals surface area contributed by atoms with Gasteiger partial charge >= 0.3 is 0 Å². The maximum atomic E-state index is 12.3. The van der Waals surface area contributed by atoms with Gasteiger partial charge < -0.3 is 10.2 Å². The van der Waals surface area contributed by atoms with E-state index < -0.39 is 6.04 Å². The molecule has 0 radical (unpaired) electrons. The van der Waals surface area contributed by atoms with Crippen molar-refractivity contribution < 1.29 is 9.59 Å². The lowest BCUT2D eigenvalue weighted by Crippen LogP contribution is -2.61. The predicted octanol–water partition coefficient (Wildman–Crippen LogP) is 1.41. The molecule has 2 rings (SSSR count). The first kappa shape index (κ1) is 14.5. The molecule has 1 aliphatic heterocycles. The number of carbonyl (C=O) groups excluding carboxylic acids is 2. The summed E-state index contributed by atoms with van der Waals surface area (Å²) in [6.07, 6.45) is 5.08. The summed E-state index contributed by atoms with van der Waals surface area (Å²) in [5, 5.41) is 2.75. The molecule has 2 heterocycles. The Kier molecular flexibility index (Phi) is 4.37. The Morgan fingerprint density at radius 1 is 1.35 bits per heavy atom. The summed E-state index contributed by atoms with van der Waals surface area (Å²) in [4.78, 5) is 30.3. The Morgan fingerprint density at radius 3 is 2.75 bits per heavy atom. The molecule has 1 aliphatic rings. The summed E-state index contributed by atoms with van der Waals surface area (Å²) in [6, 6.07) is 1.18. The van der Waals surface area contributed by atoms with Crippen molar-refractivity contribution in [3.05, 3.63) is 29.6 Å². The molecule has 0 aromatic carbocycles. The van der Waals surface area contributed by atoms with E-state index in [-0.39, 0.29) is 17.9 Å². The minimum atomic E-state index is -0.451. The molecule has 20 heavy (non-hydrogen) atoms. The monoisotopic (exact) mass is 275 g/mol. The third-order valence-corrected chi connectivity index (χ3v) is 3.54. The summed E-state index contributed by atoms with van der Waals surface area (Å²) in [5.41, 5.74) is 2.01. The van der Waals surface area contributed by atoms with E-state index in [0.29, 0.717) is 13.0 Å². The molecule has 108 valence electrons. The number of pyridine rings is 1. The number of rotatable bonds is 4. The fourth-order valence-corrected chi connectivity index (χ4v) is 2.56. The third-order valence-electron chi connectivity index (χ3n) is 3.54. The van der Waals surface area contributed by atoms with Crippen LogP contribution in [-0.4, -0.2) is 33.8 Å². The van der Waals surface area contributed by atoms with Gasteiger partial charge in [-0.3, -0.25) is 14.6 Å². The maximum absolute atomic E-state index is 12.3. The molecule has 5 nitrogen and oxygen atoms in total. The van der Waals surface area contributed by atoms with Crippen molar-refractivity contribution >= 4 is 11.8 Å². The van der Waals surface area contributed by atoms with Gasteiger partial charge in [0, 0.05) is 18.9 Å². The van der Waals surface area contributed by atoms with Crippen LogP contribution in [0.1, 0.15) is 37.8 Å². The van der Waals surface area contributed by atoms with Crippen molar-refractivity contribution in [1.82, 2.24) is 15.2 Å². The molecule has 1 aromatic heterocycles. The first-order valence-electron chi connectivity index (χ1n) is 7.04. The summed E-state index contributed by atoms with van der Waals surface area (Å²) in [6.45, 7) is 6.15. The van der Waals surface area contributed by atoms with Gasteiger partial charge in [-0.05, 0) is 31.4 Å². The van der Waals surface area contributed by atoms with E-state index in [1.54, 1.807) is 24.2 Å². The lowest BCUT2D eigenvalue weighted by Gasteiger charge is -2.38. The minimum absolute atomic E-state index is 0.0236. The topological polar surface area (TPSA) is 62.3 Å². The number of hydrogen-bond acceptors (Lipinski definition) is 3. The van der Waals surface area contributed by atoms with Crippen LogP contribution in [0.4, 0.5) is 0 Å². The van der Waals surface area contributed by atoms with Crippen molar-refractivity contribution in [3.63, 3.8) is 0 Å². The summed E-state index contributed by atoms with van der Waals surface area (Å²) in [7, 11) is 0. The van der Waals surface area contributed by atoms with Crippen LogP contribution in [0.15, 0.2) is 18.5 Å². The highest BCUT2D eigenvalue weighted by atomic mass is 16.2. The molecule has 0 aliphatic carbocycles. The molecule has 2 atom stereocenters. The number of aryl methyl sites for hydroxylation is 1. The highest BCUT2D eigenvalue weighted by Gasteiger charge is 2.37. The standard InChI is InChI=1S/C15H21N3O2/c1-4-5-13-14(19)17-11(3)15(20)18(13)9-12-6-10(2)7-16-8-12/h6-8,11,13H,4-5,9H2,1-3H3,(H,17,19). The van der Waals surface area contributed by atoms with Gasteiger partial charge in [-0.25, -0.2) is 0 Å². The summed E-state index contributed by atoms with van der Waals surface area (Å²) >= 11 is 0. The number of hydrogen-bond donors (Lipinski definition) is 1. The predicted molar refractivity (Wildman–Crippen MR) is 75.8 cm³/mol. The number of carbonyl (C=O) groups is 2. The van der Waals surface area contributed by atoms with Gasteiger partial charge in [0.15, 0.2) is 0 Å². The van der Waals surface area contributed by atoms with Crippen LogP contribution in [0, 0.1) is 6.92 Å². The van der Waals surface area contributed by atoms with Crippen LogP contribution in [0.2, 0.25) is 0 Å². The van der Waals surface area contributed by atoms with E-state index in [2.05, 4.69) is 10.3 Å². The number of piperazine rings is 1. The number of aromatic nitrogens is 1. The fourth-order valence-electron chi connectivity index (χ4n) is 2.56. The molecule has 1 N–H and O–H groups in total. The minimum Gasteiger partial charge on any atom is -0.343 e. The zero-order valence-corrected chi connectivity index (χ0v) is 12.2. The van der Waals surface area contributed by atoms with Crippen molar-refractivity contribution in [2.75, 3.05) is 0 Å². The van der Waals surface area contributed by atoms with Crippen molar-refractivity contribution in [1.29, 1.82) is 0 Å². The van der Waals surface area contributed by atoms with E-state index in [9.17, 15) is 9.59 Å². The summed E-state index contributed by atoms with van der Waals surface area (Å²) < 4.78 is 0. The highest BCUT2D eigenvalue weighted by Crippen LogP contribution is 2.18. The first-order valence-corrected chi connectivity index (χ1v) is 7.04. The second-order valence-electron chi connectivity index (χ2n) is 5.37. The van der Waals surface area contributed by atoms with Crippen LogP contribution < -0.4 is 5.32 Å². The number of nitrogens with zero attached hydrogens (tertiary/aromatic N) is 2. The van der Waals surface area contributed by atoms with Gasteiger partial charge in [-0.1, -0.05) is 19.4 Å².